The van der Waals surface area contributed by atoms with Crippen molar-refractivity contribution in [2.75, 3.05) is 19.7 Å². The first-order chi connectivity index (χ1) is 12.8. The van der Waals surface area contributed by atoms with Crippen molar-refractivity contribution in [2.24, 2.45) is 5.73 Å². The van der Waals surface area contributed by atoms with Gasteiger partial charge in [-0.25, -0.2) is 0 Å². The van der Waals surface area contributed by atoms with Crippen molar-refractivity contribution in [3.8, 4) is 5.75 Å². The van der Waals surface area contributed by atoms with Crippen molar-refractivity contribution in [3.63, 3.8) is 0 Å². The van der Waals surface area contributed by atoms with E-state index in [1.54, 1.807) is 24.3 Å². The Morgan fingerprint density at radius 1 is 1.18 bits per heavy atom. The van der Waals surface area contributed by atoms with Gasteiger partial charge in [-0.05, 0) is 35.4 Å². The van der Waals surface area contributed by atoms with Gasteiger partial charge in [0.15, 0.2) is 0 Å². The van der Waals surface area contributed by atoms with Gasteiger partial charge in [0.05, 0.1) is 18.1 Å². The Balaban J connectivity index is 0.00000392. The highest BCUT2D eigenvalue weighted by molar-refractivity contribution is 5.85. The number of hydrogen-bond donors (Lipinski definition) is 3. The smallest absolute Gasteiger partial charge is 0.416 e. The first-order valence-corrected chi connectivity index (χ1v) is 8.31. The Morgan fingerprint density at radius 2 is 1.86 bits per heavy atom. The molecule has 1 atom stereocenters. The average Bonchev–Trinajstić information content (AvgIpc) is 2.61. The summed E-state index contributed by atoms with van der Waals surface area (Å²) in [6.45, 7) is 0.811. The van der Waals surface area contributed by atoms with Gasteiger partial charge in [0, 0.05) is 13.1 Å². The molecule has 0 bridgehead atoms. The lowest BCUT2D eigenvalue weighted by Gasteiger charge is -2.15. The number of alkyl halides is 3. The fraction of sp³-hybridized carbons (Fsp3) is 0.316. The van der Waals surface area contributed by atoms with Gasteiger partial charge in [0.1, 0.15) is 12.4 Å². The standard InChI is InChI=1S/C19H21F3N2O3.ClH/c20-19(21,22)15-3-1-2-14(11-15)17(25)12-24-8-9-27-16-6-4-13(5-7-16)10-18(23)26;/h1-7,11,17,24-25H,8-10,12H2,(H2,23,26);1H/t17-;/m0./s1. The molecule has 0 saturated heterocycles. The predicted octanol–water partition coefficient (Wildman–Crippen LogP) is 2.86. The molecule has 2 aromatic carbocycles. The Kier molecular flexibility index (Phi) is 9.24. The van der Waals surface area contributed by atoms with E-state index in [1.807, 2.05) is 0 Å². The molecule has 2 aromatic rings. The van der Waals surface area contributed by atoms with E-state index in [9.17, 15) is 23.1 Å². The highest BCUT2D eigenvalue weighted by Gasteiger charge is 2.30. The van der Waals surface area contributed by atoms with Gasteiger partial charge in [-0.1, -0.05) is 24.3 Å². The first kappa shape index (κ1) is 23.7. The first-order valence-electron chi connectivity index (χ1n) is 8.31. The Hall–Kier alpha value is -2.29. The molecular weight excluding hydrogens is 397 g/mol. The van der Waals surface area contributed by atoms with E-state index in [0.29, 0.717) is 18.9 Å². The summed E-state index contributed by atoms with van der Waals surface area (Å²) in [6.07, 6.45) is -5.33. The fourth-order valence-electron chi connectivity index (χ4n) is 2.42. The second kappa shape index (κ2) is 10.9. The summed E-state index contributed by atoms with van der Waals surface area (Å²) in [6, 6.07) is 11.5. The Labute approximate surface area is 167 Å². The van der Waals surface area contributed by atoms with Crippen LogP contribution in [0.1, 0.15) is 22.8 Å². The van der Waals surface area contributed by atoms with Gasteiger partial charge in [-0.15, -0.1) is 12.4 Å². The molecule has 0 aliphatic rings. The summed E-state index contributed by atoms with van der Waals surface area (Å²) in [4.78, 5) is 10.8. The second-order valence-electron chi connectivity index (χ2n) is 5.98. The maximum atomic E-state index is 12.7. The lowest BCUT2D eigenvalue weighted by atomic mass is 10.1. The third-order valence-electron chi connectivity index (χ3n) is 3.79. The number of aliphatic hydroxyl groups excluding tert-OH is 1. The number of carbonyl (C=O) groups is 1. The van der Waals surface area contributed by atoms with Crippen LogP contribution in [0.5, 0.6) is 5.75 Å². The molecule has 0 fully saturated rings. The molecule has 9 heteroatoms. The molecule has 0 spiro atoms. The van der Waals surface area contributed by atoms with Crippen LogP contribution >= 0.6 is 12.4 Å². The van der Waals surface area contributed by atoms with E-state index >= 15 is 0 Å². The predicted molar refractivity (Wildman–Crippen MR) is 101 cm³/mol. The number of amides is 1. The van der Waals surface area contributed by atoms with Crippen LogP contribution in [-0.4, -0.2) is 30.7 Å². The number of halogens is 4. The van der Waals surface area contributed by atoms with Crippen LogP contribution in [0.2, 0.25) is 0 Å². The summed E-state index contributed by atoms with van der Waals surface area (Å²) in [5.41, 5.74) is 5.31. The third-order valence-corrected chi connectivity index (χ3v) is 3.79. The highest BCUT2D eigenvalue weighted by Crippen LogP contribution is 2.30. The van der Waals surface area contributed by atoms with Gasteiger partial charge in [0.25, 0.3) is 0 Å². The molecule has 28 heavy (non-hydrogen) atoms. The Bertz CT molecular complexity index is 755. The Morgan fingerprint density at radius 3 is 2.46 bits per heavy atom. The van der Waals surface area contributed by atoms with Gasteiger partial charge in [-0.3, -0.25) is 4.79 Å². The zero-order valence-corrected chi connectivity index (χ0v) is 15.7. The molecule has 1 amide bonds. The minimum absolute atomic E-state index is 0. The summed E-state index contributed by atoms with van der Waals surface area (Å²) < 4.78 is 43.6. The van der Waals surface area contributed by atoms with Gasteiger partial charge in [-0.2, -0.15) is 13.2 Å². The molecular formula is C19H22ClF3N2O3. The lowest BCUT2D eigenvalue weighted by Crippen LogP contribution is -2.26. The molecule has 0 aliphatic heterocycles. The molecule has 5 nitrogen and oxygen atoms in total. The van der Waals surface area contributed by atoms with Crippen molar-refractivity contribution in [3.05, 3.63) is 65.2 Å². The molecule has 0 radical (unpaired) electrons. The summed E-state index contributed by atoms with van der Waals surface area (Å²) in [5.74, 6) is 0.204. The van der Waals surface area contributed by atoms with Crippen molar-refractivity contribution < 1.29 is 27.8 Å². The number of primary amides is 1. The van der Waals surface area contributed by atoms with E-state index in [4.69, 9.17) is 10.5 Å². The van der Waals surface area contributed by atoms with Gasteiger partial charge >= 0.3 is 6.18 Å². The fourth-order valence-corrected chi connectivity index (χ4v) is 2.42. The van der Waals surface area contributed by atoms with Gasteiger partial charge < -0.3 is 20.9 Å². The molecule has 0 heterocycles. The number of aliphatic hydroxyl groups is 1. The SMILES string of the molecule is Cl.NC(=O)Cc1ccc(OCCNC[C@H](O)c2cccc(C(F)(F)F)c2)cc1. The van der Waals surface area contributed by atoms with Crippen LogP contribution in [0, 0.1) is 0 Å². The van der Waals surface area contributed by atoms with Gasteiger partial charge in [0.2, 0.25) is 5.91 Å². The van der Waals surface area contributed by atoms with Crippen LogP contribution in [0.3, 0.4) is 0 Å². The summed E-state index contributed by atoms with van der Waals surface area (Å²) >= 11 is 0. The van der Waals surface area contributed by atoms with E-state index in [-0.39, 0.29) is 30.9 Å². The maximum absolute atomic E-state index is 12.7. The van der Waals surface area contributed by atoms with Crippen LogP contribution in [0.25, 0.3) is 0 Å². The maximum Gasteiger partial charge on any atom is 0.416 e. The molecule has 0 unspecified atom stereocenters. The highest BCUT2D eigenvalue weighted by atomic mass is 35.5. The topological polar surface area (TPSA) is 84.6 Å². The molecule has 0 saturated carbocycles. The molecule has 2 rings (SSSR count). The average molecular weight is 419 g/mol. The van der Waals surface area contributed by atoms with Crippen molar-refractivity contribution in [2.45, 2.75) is 18.7 Å². The monoisotopic (exact) mass is 418 g/mol. The minimum atomic E-state index is -4.44. The van der Waals surface area contributed by atoms with Crippen LogP contribution in [0.15, 0.2) is 48.5 Å². The number of carbonyl (C=O) groups excluding carboxylic acids is 1. The minimum Gasteiger partial charge on any atom is -0.492 e. The van der Waals surface area contributed by atoms with E-state index in [0.717, 1.165) is 17.7 Å². The zero-order valence-electron chi connectivity index (χ0n) is 14.9. The summed E-state index contributed by atoms with van der Waals surface area (Å²) in [5, 5.41) is 13.0. The van der Waals surface area contributed by atoms with Crippen molar-refractivity contribution in [1.29, 1.82) is 0 Å². The zero-order chi connectivity index (χ0) is 19.9. The van der Waals surface area contributed by atoms with Crippen LogP contribution in [-0.2, 0) is 17.4 Å². The molecule has 154 valence electrons. The molecule has 0 aliphatic carbocycles. The van der Waals surface area contributed by atoms with E-state index in [1.165, 1.54) is 12.1 Å². The number of hydrogen-bond acceptors (Lipinski definition) is 4. The summed E-state index contributed by atoms with van der Waals surface area (Å²) in [7, 11) is 0. The van der Waals surface area contributed by atoms with E-state index in [2.05, 4.69) is 5.32 Å². The number of benzene rings is 2. The third kappa shape index (κ3) is 7.75. The van der Waals surface area contributed by atoms with E-state index < -0.39 is 23.8 Å². The number of nitrogens with two attached hydrogens (primary N) is 1. The molecule has 0 aromatic heterocycles. The van der Waals surface area contributed by atoms with Crippen LogP contribution in [0.4, 0.5) is 13.2 Å². The largest absolute Gasteiger partial charge is 0.492 e. The molecule has 4 N–H and O–H groups in total. The lowest BCUT2D eigenvalue weighted by molar-refractivity contribution is -0.137. The normalized spacial score (nSPS) is 12.1. The number of rotatable bonds is 9. The second-order valence-corrected chi connectivity index (χ2v) is 5.98. The van der Waals surface area contributed by atoms with Crippen molar-refractivity contribution >= 4 is 18.3 Å². The van der Waals surface area contributed by atoms with Crippen molar-refractivity contribution in [1.82, 2.24) is 5.32 Å². The quantitative estimate of drug-likeness (QED) is 0.547. The van der Waals surface area contributed by atoms with Crippen LogP contribution < -0.4 is 15.8 Å². The number of ether oxygens (including phenoxy) is 1. The number of nitrogens with one attached hydrogen (secondary N) is 1.